The number of hydrogen-bond donors (Lipinski definition) is 1. The first-order chi connectivity index (χ1) is 9.05. The molecule has 2 N–H and O–H groups in total. The molecule has 1 amide bonds. The Hall–Kier alpha value is -0.610. The van der Waals surface area contributed by atoms with Crippen molar-refractivity contribution in [2.45, 2.75) is 51.0 Å². The van der Waals surface area contributed by atoms with Crippen LogP contribution in [0.15, 0.2) is 0 Å². The summed E-state index contributed by atoms with van der Waals surface area (Å²) in [6.45, 7) is 6.42. The van der Waals surface area contributed by atoms with Gasteiger partial charge in [0.05, 0.1) is 5.54 Å². The summed E-state index contributed by atoms with van der Waals surface area (Å²) in [5.41, 5.74) is 5.51. The van der Waals surface area contributed by atoms with E-state index in [0.717, 1.165) is 44.7 Å². The molecule has 0 radical (unpaired) electrons. The molecule has 2 aliphatic rings. The van der Waals surface area contributed by atoms with Crippen molar-refractivity contribution in [1.82, 2.24) is 9.80 Å². The van der Waals surface area contributed by atoms with Crippen molar-refractivity contribution in [1.29, 1.82) is 0 Å². The molecule has 4 heteroatoms. The van der Waals surface area contributed by atoms with Gasteiger partial charge in [0.15, 0.2) is 0 Å². The second-order valence-electron chi connectivity index (χ2n) is 6.51. The molecule has 0 aromatic carbocycles. The SMILES string of the molecule is CCCCN(C)CC1CCN(C(=O)C2(N)CC2)CC1. The summed E-state index contributed by atoms with van der Waals surface area (Å²) in [6, 6.07) is 0. The molecule has 0 aromatic heterocycles. The maximum Gasteiger partial charge on any atom is 0.242 e. The first kappa shape index (κ1) is 14.8. The second kappa shape index (κ2) is 6.23. The molecule has 0 unspecified atom stereocenters. The molecule has 0 aromatic rings. The summed E-state index contributed by atoms with van der Waals surface area (Å²) in [6.07, 6.45) is 6.58. The van der Waals surface area contributed by atoms with Gasteiger partial charge in [0.25, 0.3) is 0 Å². The number of piperidine rings is 1. The Morgan fingerprint density at radius 3 is 2.53 bits per heavy atom. The predicted octanol–water partition coefficient (Wildman–Crippen LogP) is 1.45. The third-order valence-electron chi connectivity index (χ3n) is 4.58. The van der Waals surface area contributed by atoms with E-state index in [1.165, 1.54) is 25.9 Å². The molecule has 4 nitrogen and oxygen atoms in total. The van der Waals surface area contributed by atoms with Crippen LogP contribution in [-0.4, -0.2) is 54.5 Å². The van der Waals surface area contributed by atoms with Crippen molar-refractivity contribution < 1.29 is 4.79 Å². The molecule has 1 aliphatic carbocycles. The van der Waals surface area contributed by atoms with E-state index < -0.39 is 5.54 Å². The van der Waals surface area contributed by atoms with Gasteiger partial charge in [-0.25, -0.2) is 0 Å². The normalized spacial score (nSPS) is 22.8. The van der Waals surface area contributed by atoms with Gasteiger partial charge in [-0.2, -0.15) is 0 Å². The molecule has 0 spiro atoms. The highest BCUT2D eigenvalue weighted by Crippen LogP contribution is 2.35. The summed E-state index contributed by atoms with van der Waals surface area (Å²) in [4.78, 5) is 16.6. The van der Waals surface area contributed by atoms with Crippen molar-refractivity contribution in [3.05, 3.63) is 0 Å². The number of nitrogens with two attached hydrogens (primary N) is 1. The van der Waals surface area contributed by atoms with Gasteiger partial charge in [0.2, 0.25) is 5.91 Å². The zero-order valence-electron chi connectivity index (χ0n) is 12.5. The monoisotopic (exact) mass is 267 g/mol. The molecular formula is C15H29N3O. The molecule has 110 valence electrons. The Morgan fingerprint density at radius 2 is 2.00 bits per heavy atom. The van der Waals surface area contributed by atoms with Gasteiger partial charge in [-0.15, -0.1) is 0 Å². The van der Waals surface area contributed by atoms with Gasteiger partial charge in [0.1, 0.15) is 0 Å². The van der Waals surface area contributed by atoms with Gasteiger partial charge < -0.3 is 15.5 Å². The molecule has 1 saturated carbocycles. The van der Waals surface area contributed by atoms with Crippen LogP contribution in [0.5, 0.6) is 0 Å². The van der Waals surface area contributed by atoms with E-state index in [1.807, 2.05) is 4.90 Å². The van der Waals surface area contributed by atoms with Crippen molar-refractivity contribution in [3.8, 4) is 0 Å². The van der Waals surface area contributed by atoms with Gasteiger partial charge in [-0.05, 0) is 51.6 Å². The van der Waals surface area contributed by atoms with E-state index in [-0.39, 0.29) is 5.91 Å². The first-order valence-electron chi connectivity index (χ1n) is 7.82. The minimum atomic E-state index is -0.481. The van der Waals surface area contributed by atoms with E-state index in [1.54, 1.807) is 0 Å². The third kappa shape index (κ3) is 3.93. The molecule has 0 bridgehead atoms. The Morgan fingerprint density at radius 1 is 1.37 bits per heavy atom. The van der Waals surface area contributed by atoms with Gasteiger partial charge in [-0.1, -0.05) is 13.3 Å². The van der Waals surface area contributed by atoms with Gasteiger partial charge in [0, 0.05) is 19.6 Å². The number of amides is 1. The largest absolute Gasteiger partial charge is 0.341 e. The van der Waals surface area contributed by atoms with Crippen molar-refractivity contribution in [3.63, 3.8) is 0 Å². The Balaban J connectivity index is 1.69. The number of rotatable bonds is 6. The highest BCUT2D eigenvalue weighted by molar-refractivity contribution is 5.89. The zero-order chi connectivity index (χ0) is 13.9. The molecule has 2 rings (SSSR count). The second-order valence-corrected chi connectivity index (χ2v) is 6.51. The van der Waals surface area contributed by atoms with E-state index in [0.29, 0.717) is 0 Å². The lowest BCUT2D eigenvalue weighted by Crippen LogP contribution is -2.49. The van der Waals surface area contributed by atoms with Crippen LogP contribution in [-0.2, 0) is 4.79 Å². The Bertz CT molecular complexity index is 307. The number of likely N-dealkylation sites (tertiary alicyclic amines) is 1. The van der Waals surface area contributed by atoms with Crippen LogP contribution >= 0.6 is 0 Å². The van der Waals surface area contributed by atoms with Crippen LogP contribution in [0, 0.1) is 5.92 Å². The van der Waals surface area contributed by atoms with E-state index in [4.69, 9.17) is 5.73 Å². The van der Waals surface area contributed by atoms with Crippen LogP contribution in [0.2, 0.25) is 0 Å². The van der Waals surface area contributed by atoms with E-state index in [9.17, 15) is 4.79 Å². The predicted molar refractivity (Wildman–Crippen MR) is 77.9 cm³/mol. The number of hydrogen-bond acceptors (Lipinski definition) is 3. The first-order valence-corrected chi connectivity index (χ1v) is 7.82. The fourth-order valence-corrected chi connectivity index (χ4v) is 2.94. The summed E-state index contributed by atoms with van der Waals surface area (Å²) >= 11 is 0. The van der Waals surface area contributed by atoms with E-state index >= 15 is 0 Å². The Labute approximate surface area is 117 Å². The molecule has 2 fully saturated rings. The number of carbonyl (C=O) groups excluding carboxylic acids is 1. The minimum Gasteiger partial charge on any atom is -0.341 e. The highest BCUT2D eigenvalue weighted by Gasteiger charge is 2.48. The van der Waals surface area contributed by atoms with Crippen LogP contribution in [0.25, 0.3) is 0 Å². The van der Waals surface area contributed by atoms with Crippen LogP contribution < -0.4 is 5.73 Å². The summed E-state index contributed by atoms with van der Waals surface area (Å²) in [5, 5.41) is 0. The number of nitrogens with zero attached hydrogens (tertiary/aromatic N) is 2. The fraction of sp³-hybridized carbons (Fsp3) is 0.933. The molecule has 1 aliphatic heterocycles. The molecular weight excluding hydrogens is 238 g/mol. The van der Waals surface area contributed by atoms with Crippen LogP contribution in [0.1, 0.15) is 45.4 Å². The lowest BCUT2D eigenvalue weighted by molar-refractivity contribution is -0.135. The topological polar surface area (TPSA) is 49.6 Å². The van der Waals surface area contributed by atoms with Gasteiger partial charge >= 0.3 is 0 Å². The molecule has 19 heavy (non-hydrogen) atoms. The van der Waals surface area contributed by atoms with Crippen LogP contribution in [0.3, 0.4) is 0 Å². The quantitative estimate of drug-likeness (QED) is 0.792. The zero-order valence-corrected chi connectivity index (χ0v) is 12.5. The fourth-order valence-electron chi connectivity index (χ4n) is 2.94. The average molecular weight is 267 g/mol. The smallest absolute Gasteiger partial charge is 0.242 e. The van der Waals surface area contributed by atoms with Crippen LogP contribution in [0.4, 0.5) is 0 Å². The maximum atomic E-state index is 12.1. The number of carbonyl (C=O) groups is 1. The lowest BCUT2D eigenvalue weighted by Gasteiger charge is -2.35. The van der Waals surface area contributed by atoms with E-state index in [2.05, 4.69) is 18.9 Å². The maximum absolute atomic E-state index is 12.1. The number of unbranched alkanes of at least 4 members (excludes halogenated alkanes) is 1. The van der Waals surface area contributed by atoms with Crippen molar-refractivity contribution in [2.75, 3.05) is 33.2 Å². The standard InChI is InChI=1S/C15H29N3O/c1-3-4-9-17(2)12-13-5-10-18(11-6-13)14(19)15(16)7-8-15/h13H,3-12,16H2,1-2H3. The lowest BCUT2D eigenvalue weighted by atomic mass is 9.95. The van der Waals surface area contributed by atoms with Crippen molar-refractivity contribution in [2.24, 2.45) is 11.7 Å². The Kier molecular flexibility index (Phi) is 4.85. The summed E-state index contributed by atoms with van der Waals surface area (Å²) in [5.74, 6) is 0.948. The molecule has 1 heterocycles. The van der Waals surface area contributed by atoms with Gasteiger partial charge in [-0.3, -0.25) is 4.79 Å². The van der Waals surface area contributed by atoms with Crippen molar-refractivity contribution >= 4 is 5.91 Å². The summed E-state index contributed by atoms with van der Waals surface area (Å²) in [7, 11) is 2.21. The highest BCUT2D eigenvalue weighted by atomic mass is 16.2. The molecule has 1 saturated heterocycles. The average Bonchev–Trinajstić information content (AvgIpc) is 3.16. The molecule has 0 atom stereocenters. The summed E-state index contributed by atoms with van der Waals surface area (Å²) < 4.78 is 0. The third-order valence-corrected chi connectivity index (χ3v) is 4.58. The minimum absolute atomic E-state index is 0.199.